The minimum Gasteiger partial charge on any atom is -0.396 e. The van der Waals surface area contributed by atoms with Crippen LogP contribution in [0, 0.1) is 17.8 Å². The molecule has 1 aromatic rings. The van der Waals surface area contributed by atoms with Crippen molar-refractivity contribution in [3.8, 4) is 11.8 Å². The highest BCUT2D eigenvalue weighted by Crippen LogP contribution is 2.18. The maximum Gasteiger partial charge on any atom is 0.0555 e. The average molecular weight is 249 g/mol. The zero-order valence-corrected chi connectivity index (χ0v) is 11.0. The Bertz CT molecular complexity index is 395. The minimum atomic E-state index is 0.252. The monoisotopic (exact) mass is 249 g/mol. The Morgan fingerprint density at radius 3 is 2.88 bits per heavy atom. The van der Waals surface area contributed by atoms with Crippen molar-refractivity contribution < 1.29 is 5.11 Å². The van der Waals surface area contributed by atoms with E-state index in [1.54, 1.807) is 0 Å². The van der Waals surface area contributed by atoms with Crippen LogP contribution in [0.1, 0.15) is 18.1 Å². The Balaban J connectivity index is 2.58. The summed E-state index contributed by atoms with van der Waals surface area (Å²) in [6, 6.07) is 8.13. The topological polar surface area (TPSA) is 46.2 Å². The lowest BCUT2D eigenvalue weighted by atomic mass is 10.1. The van der Waals surface area contributed by atoms with Gasteiger partial charge < -0.3 is 10.8 Å². The summed E-state index contributed by atoms with van der Waals surface area (Å²) in [5.41, 5.74) is 7.67. The maximum absolute atomic E-state index is 8.95. The zero-order valence-electron chi connectivity index (χ0n) is 10.1. The second kappa shape index (κ2) is 8.19. The first kappa shape index (κ1) is 14.1. The quantitative estimate of drug-likeness (QED) is 0.783. The molecule has 0 heterocycles. The van der Waals surface area contributed by atoms with Gasteiger partial charge in [-0.05, 0) is 23.3 Å². The predicted molar refractivity (Wildman–Crippen MR) is 74.8 cm³/mol. The van der Waals surface area contributed by atoms with Gasteiger partial charge in [0.1, 0.15) is 0 Å². The van der Waals surface area contributed by atoms with Gasteiger partial charge in [-0.1, -0.05) is 37.0 Å². The molecule has 0 saturated heterocycles. The van der Waals surface area contributed by atoms with Gasteiger partial charge in [-0.25, -0.2) is 0 Å². The first-order valence-electron chi connectivity index (χ1n) is 5.73. The number of benzene rings is 1. The van der Waals surface area contributed by atoms with Crippen LogP contribution in [0.5, 0.6) is 0 Å². The van der Waals surface area contributed by atoms with E-state index in [4.69, 9.17) is 10.8 Å². The molecule has 0 spiro atoms. The molecule has 0 aliphatic rings. The summed E-state index contributed by atoms with van der Waals surface area (Å²) in [4.78, 5) is 0. The maximum atomic E-state index is 8.95. The largest absolute Gasteiger partial charge is 0.396 e. The highest BCUT2D eigenvalue weighted by molar-refractivity contribution is 7.98. The summed E-state index contributed by atoms with van der Waals surface area (Å²) in [5, 5.41) is 8.95. The number of aliphatic hydroxyl groups is 1. The molecule has 0 aliphatic heterocycles. The van der Waals surface area contributed by atoms with Crippen LogP contribution in [0.4, 0.5) is 0 Å². The van der Waals surface area contributed by atoms with E-state index in [0.717, 1.165) is 17.1 Å². The number of hydrogen-bond acceptors (Lipinski definition) is 3. The fourth-order valence-electron chi connectivity index (χ4n) is 1.34. The van der Waals surface area contributed by atoms with E-state index in [0.29, 0.717) is 12.5 Å². The van der Waals surface area contributed by atoms with Crippen molar-refractivity contribution in [3.63, 3.8) is 0 Å². The number of thioether (sulfide) groups is 1. The molecule has 1 atom stereocenters. The summed E-state index contributed by atoms with van der Waals surface area (Å²) in [5.74, 6) is 8.22. The lowest BCUT2D eigenvalue weighted by Crippen LogP contribution is -2.03. The van der Waals surface area contributed by atoms with Crippen LogP contribution in [-0.2, 0) is 5.75 Å². The van der Waals surface area contributed by atoms with Crippen LogP contribution < -0.4 is 5.73 Å². The van der Waals surface area contributed by atoms with Gasteiger partial charge in [-0.15, -0.1) is 0 Å². The van der Waals surface area contributed by atoms with Crippen molar-refractivity contribution in [3.05, 3.63) is 35.4 Å². The summed E-state index contributed by atoms with van der Waals surface area (Å²) in [7, 11) is 0. The second-order valence-electron chi connectivity index (χ2n) is 3.97. The lowest BCUT2D eigenvalue weighted by Gasteiger charge is -2.08. The van der Waals surface area contributed by atoms with Crippen molar-refractivity contribution in [2.45, 2.75) is 12.7 Å². The number of hydrogen-bond donors (Lipinski definition) is 2. The van der Waals surface area contributed by atoms with Gasteiger partial charge in [0.2, 0.25) is 0 Å². The van der Waals surface area contributed by atoms with E-state index in [2.05, 4.69) is 17.9 Å². The number of rotatable bonds is 5. The van der Waals surface area contributed by atoms with Gasteiger partial charge in [-0.3, -0.25) is 0 Å². The fourth-order valence-corrected chi connectivity index (χ4v) is 2.43. The molecule has 1 unspecified atom stereocenters. The molecule has 0 bridgehead atoms. The lowest BCUT2D eigenvalue weighted by molar-refractivity contribution is 0.250. The van der Waals surface area contributed by atoms with E-state index in [9.17, 15) is 0 Å². The smallest absolute Gasteiger partial charge is 0.0555 e. The fraction of sp³-hybridized carbons (Fsp3) is 0.429. The molecule has 0 amide bonds. The third-order valence-electron chi connectivity index (χ3n) is 2.31. The predicted octanol–water partition coefficient (Wildman–Crippen LogP) is 1.86. The summed E-state index contributed by atoms with van der Waals surface area (Å²) in [6.45, 7) is 2.69. The van der Waals surface area contributed by atoms with Crippen molar-refractivity contribution in [2.24, 2.45) is 11.7 Å². The Labute approximate surface area is 108 Å². The second-order valence-corrected chi connectivity index (χ2v) is 5.00. The molecule has 0 aliphatic carbocycles. The third-order valence-corrected chi connectivity index (χ3v) is 3.63. The Hall–Kier alpha value is -0.950. The van der Waals surface area contributed by atoms with E-state index in [1.807, 2.05) is 36.9 Å². The molecule has 1 aromatic carbocycles. The SMILES string of the molecule is CC(CO)CSCc1ccccc1C#CCN. The van der Waals surface area contributed by atoms with Crippen LogP contribution in [0.3, 0.4) is 0 Å². The molecule has 17 heavy (non-hydrogen) atoms. The van der Waals surface area contributed by atoms with Gasteiger partial charge in [0, 0.05) is 17.9 Å². The van der Waals surface area contributed by atoms with Crippen molar-refractivity contribution in [1.29, 1.82) is 0 Å². The summed E-state index contributed by atoms with van der Waals surface area (Å²) >= 11 is 1.83. The molecule has 0 aromatic heterocycles. The third kappa shape index (κ3) is 5.27. The molecule has 0 fully saturated rings. The molecular weight excluding hydrogens is 230 g/mol. The van der Waals surface area contributed by atoms with Crippen LogP contribution in [0.15, 0.2) is 24.3 Å². The Morgan fingerprint density at radius 2 is 2.18 bits per heavy atom. The number of aliphatic hydroxyl groups excluding tert-OH is 1. The van der Waals surface area contributed by atoms with Crippen LogP contribution in [0.25, 0.3) is 0 Å². The van der Waals surface area contributed by atoms with Gasteiger partial charge in [0.25, 0.3) is 0 Å². The summed E-state index contributed by atoms with van der Waals surface area (Å²) < 4.78 is 0. The Morgan fingerprint density at radius 1 is 1.41 bits per heavy atom. The van der Waals surface area contributed by atoms with Crippen LogP contribution in [-0.4, -0.2) is 24.0 Å². The van der Waals surface area contributed by atoms with Crippen LogP contribution >= 0.6 is 11.8 Å². The van der Waals surface area contributed by atoms with Crippen LogP contribution in [0.2, 0.25) is 0 Å². The van der Waals surface area contributed by atoms with Gasteiger partial charge in [-0.2, -0.15) is 11.8 Å². The van der Waals surface area contributed by atoms with Gasteiger partial charge >= 0.3 is 0 Å². The molecule has 0 radical (unpaired) electrons. The van der Waals surface area contributed by atoms with E-state index in [-0.39, 0.29) is 6.61 Å². The normalized spacial score (nSPS) is 11.7. The molecule has 0 saturated carbocycles. The highest BCUT2D eigenvalue weighted by atomic mass is 32.2. The van der Waals surface area contributed by atoms with E-state index < -0.39 is 0 Å². The molecule has 92 valence electrons. The highest BCUT2D eigenvalue weighted by Gasteiger charge is 2.02. The molecule has 3 heteroatoms. The molecule has 1 rings (SSSR count). The Kier molecular flexibility index (Phi) is 6.80. The molecular formula is C14H19NOS. The van der Waals surface area contributed by atoms with E-state index in [1.165, 1.54) is 5.56 Å². The first-order valence-corrected chi connectivity index (χ1v) is 6.88. The van der Waals surface area contributed by atoms with E-state index >= 15 is 0 Å². The minimum absolute atomic E-state index is 0.252. The summed E-state index contributed by atoms with van der Waals surface area (Å²) in [6.07, 6.45) is 0. The number of nitrogens with two attached hydrogens (primary N) is 1. The van der Waals surface area contributed by atoms with Gasteiger partial charge in [0.15, 0.2) is 0 Å². The average Bonchev–Trinajstić information content (AvgIpc) is 2.37. The standard InChI is InChI=1S/C14H19NOS/c1-12(9-16)10-17-11-14-6-3-2-5-13(14)7-4-8-15/h2-3,5-6,12,16H,8-11,15H2,1H3. The van der Waals surface area contributed by atoms with Crippen molar-refractivity contribution in [2.75, 3.05) is 18.9 Å². The molecule has 2 nitrogen and oxygen atoms in total. The molecule has 3 N–H and O–H groups in total. The zero-order chi connectivity index (χ0) is 12.5. The van der Waals surface area contributed by atoms with Crippen molar-refractivity contribution in [1.82, 2.24) is 0 Å². The first-order chi connectivity index (χ1) is 8.27. The van der Waals surface area contributed by atoms with Gasteiger partial charge in [0.05, 0.1) is 6.54 Å². The van der Waals surface area contributed by atoms with Crippen molar-refractivity contribution >= 4 is 11.8 Å².